The maximum Gasteiger partial charge on any atom is 0.391 e. The van der Waals surface area contributed by atoms with E-state index in [1.807, 2.05) is 12.1 Å². The van der Waals surface area contributed by atoms with E-state index in [0.717, 1.165) is 12.8 Å². The maximum atomic E-state index is 14.1. The summed E-state index contributed by atoms with van der Waals surface area (Å²) in [6, 6.07) is 6.80. The third-order valence-corrected chi connectivity index (χ3v) is 5.65. The van der Waals surface area contributed by atoms with Gasteiger partial charge in [0.05, 0.1) is 5.92 Å². The molecule has 0 spiro atoms. The SMILES string of the molecule is CN=C(NCC1(c2ccccc2F)CC1)NC1CCC(C(F)(F)F)CC1.I. The Morgan fingerprint density at radius 1 is 1.15 bits per heavy atom. The molecule has 0 amide bonds. The minimum atomic E-state index is -4.09. The van der Waals surface area contributed by atoms with Crippen LogP contribution in [-0.4, -0.2) is 31.8 Å². The van der Waals surface area contributed by atoms with Gasteiger partial charge in [-0.1, -0.05) is 18.2 Å². The molecule has 152 valence electrons. The van der Waals surface area contributed by atoms with E-state index in [2.05, 4.69) is 15.6 Å². The Morgan fingerprint density at radius 2 is 1.78 bits per heavy atom. The highest BCUT2D eigenvalue weighted by molar-refractivity contribution is 14.0. The highest BCUT2D eigenvalue weighted by atomic mass is 127. The molecule has 0 unspecified atom stereocenters. The largest absolute Gasteiger partial charge is 0.391 e. The van der Waals surface area contributed by atoms with Gasteiger partial charge in [0.1, 0.15) is 5.82 Å². The van der Waals surface area contributed by atoms with E-state index >= 15 is 0 Å². The topological polar surface area (TPSA) is 36.4 Å². The number of aliphatic imine (C=N–C) groups is 1. The van der Waals surface area contributed by atoms with Gasteiger partial charge in [0, 0.05) is 25.0 Å². The number of nitrogens with one attached hydrogen (secondary N) is 2. The fourth-order valence-corrected chi connectivity index (χ4v) is 3.79. The second kappa shape index (κ2) is 8.96. The molecule has 2 fully saturated rings. The number of hydrogen-bond donors (Lipinski definition) is 2. The summed E-state index contributed by atoms with van der Waals surface area (Å²) in [5.74, 6) is -0.811. The first-order valence-corrected chi connectivity index (χ1v) is 9.13. The zero-order valence-corrected chi connectivity index (χ0v) is 17.6. The zero-order valence-electron chi connectivity index (χ0n) is 15.3. The predicted octanol–water partition coefficient (Wildman–Crippen LogP) is 4.76. The van der Waals surface area contributed by atoms with Crippen LogP contribution in [0.5, 0.6) is 0 Å². The summed E-state index contributed by atoms with van der Waals surface area (Å²) in [4.78, 5) is 4.18. The standard InChI is InChI=1S/C19H25F4N3.HI/c1-24-17(26-14-8-6-13(7-9-14)19(21,22)23)25-12-18(10-11-18)15-4-2-3-5-16(15)20;/h2-5,13-14H,6-12H2,1H3,(H2,24,25,26);1H. The van der Waals surface area contributed by atoms with E-state index in [1.165, 1.54) is 6.07 Å². The third kappa shape index (κ3) is 5.48. The molecular formula is C19H26F4IN3. The second-order valence-corrected chi connectivity index (χ2v) is 7.42. The third-order valence-electron chi connectivity index (χ3n) is 5.65. The number of halogens is 5. The average molecular weight is 499 g/mol. The van der Waals surface area contributed by atoms with E-state index in [-0.39, 0.29) is 54.1 Å². The Bertz CT molecular complexity index is 651. The molecule has 0 bridgehead atoms. The van der Waals surface area contributed by atoms with Crippen molar-refractivity contribution in [3.05, 3.63) is 35.6 Å². The Kier molecular flexibility index (Phi) is 7.38. The fraction of sp³-hybridized carbons (Fsp3) is 0.632. The molecule has 2 aliphatic rings. The van der Waals surface area contributed by atoms with Gasteiger partial charge >= 0.3 is 6.18 Å². The van der Waals surface area contributed by atoms with Gasteiger partial charge < -0.3 is 10.6 Å². The van der Waals surface area contributed by atoms with Crippen LogP contribution in [0.3, 0.4) is 0 Å². The summed E-state index contributed by atoms with van der Waals surface area (Å²) in [6.45, 7) is 0.561. The lowest BCUT2D eigenvalue weighted by atomic mass is 9.85. The minimum absolute atomic E-state index is 0. The lowest BCUT2D eigenvalue weighted by Crippen LogP contribution is -2.47. The molecule has 1 aromatic carbocycles. The fourth-order valence-electron chi connectivity index (χ4n) is 3.79. The first kappa shape index (κ1) is 22.2. The molecule has 2 saturated carbocycles. The van der Waals surface area contributed by atoms with Gasteiger partial charge in [0.25, 0.3) is 0 Å². The quantitative estimate of drug-likeness (QED) is 0.271. The van der Waals surface area contributed by atoms with Crippen molar-refractivity contribution in [3.8, 4) is 0 Å². The van der Waals surface area contributed by atoms with Crippen LogP contribution >= 0.6 is 24.0 Å². The highest BCUT2D eigenvalue weighted by Gasteiger charge is 2.46. The van der Waals surface area contributed by atoms with Crippen molar-refractivity contribution < 1.29 is 17.6 Å². The number of guanidine groups is 1. The predicted molar refractivity (Wildman–Crippen MR) is 109 cm³/mol. The van der Waals surface area contributed by atoms with E-state index in [0.29, 0.717) is 30.9 Å². The molecule has 0 aromatic heterocycles. The van der Waals surface area contributed by atoms with Crippen molar-refractivity contribution in [2.45, 2.75) is 56.2 Å². The molecule has 0 saturated heterocycles. The van der Waals surface area contributed by atoms with Crippen LogP contribution in [0, 0.1) is 11.7 Å². The summed E-state index contributed by atoms with van der Waals surface area (Å²) in [6.07, 6.45) is -1.02. The number of rotatable bonds is 4. The van der Waals surface area contributed by atoms with Crippen LogP contribution in [-0.2, 0) is 5.41 Å². The van der Waals surface area contributed by atoms with Crippen molar-refractivity contribution in [2.24, 2.45) is 10.9 Å². The molecule has 0 radical (unpaired) electrons. The molecule has 3 rings (SSSR count). The first-order valence-electron chi connectivity index (χ1n) is 9.13. The molecule has 2 aliphatic carbocycles. The molecule has 3 nitrogen and oxygen atoms in total. The van der Waals surface area contributed by atoms with Crippen LogP contribution in [0.25, 0.3) is 0 Å². The average Bonchev–Trinajstić information content (AvgIpc) is 3.39. The maximum absolute atomic E-state index is 14.1. The van der Waals surface area contributed by atoms with E-state index in [1.54, 1.807) is 13.1 Å². The number of hydrogen-bond acceptors (Lipinski definition) is 1. The second-order valence-electron chi connectivity index (χ2n) is 7.42. The van der Waals surface area contributed by atoms with Gasteiger partial charge in [0.2, 0.25) is 0 Å². The van der Waals surface area contributed by atoms with Gasteiger partial charge in [-0.05, 0) is 50.2 Å². The van der Waals surface area contributed by atoms with Crippen LogP contribution in [0.1, 0.15) is 44.1 Å². The Balaban J connectivity index is 0.00000261. The summed E-state index contributed by atoms with van der Waals surface area (Å²) < 4.78 is 52.4. The summed E-state index contributed by atoms with van der Waals surface area (Å²) in [7, 11) is 1.64. The molecule has 27 heavy (non-hydrogen) atoms. The molecule has 0 aliphatic heterocycles. The van der Waals surface area contributed by atoms with Crippen molar-refractivity contribution in [1.29, 1.82) is 0 Å². The van der Waals surface area contributed by atoms with Gasteiger partial charge in [-0.25, -0.2) is 4.39 Å². The monoisotopic (exact) mass is 499 g/mol. The lowest BCUT2D eigenvalue weighted by Gasteiger charge is -2.31. The molecule has 8 heteroatoms. The molecule has 0 atom stereocenters. The summed E-state index contributed by atoms with van der Waals surface area (Å²) in [5, 5.41) is 6.46. The van der Waals surface area contributed by atoms with Gasteiger partial charge in [-0.15, -0.1) is 24.0 Å². The van der Waals surface area contributed by atoms with Gasteiger partial charge in [0.15, 0.2) is 5.96 Å². The lowest BCUT2D eigenvalue weighted by molar-refractivity contribution is -0.182. The number of alkyl halides is 3. The normalized spacial score (nSPS) is 24.7. The van der Waals surface area contributed by atoms with Crippen molar-refractivity contribution >= 4 is 29.9 Å². The van der Waals surface area contributed by atoms with Gasteiger partial charge in [-0.2, -0.15) is 13.2 Å². The van der Waals surface area contributed by atoms with Crippen molar-refractivity contribution in [1.82, 2.24) is 10.6 Å². The minimum Gasteiger partial charge on any atom is -0.356 e. The number of nitrogens with zero attached hydrogens (tertiary/aromatic N) is 1. The van der Waals surface area contributed by atoms with Crippen LogP contribution in [0.15, 0.2) is 29.3 Å². The molecule has 0 heterocycles. The first-order chi connectivity index (χ1) is 12.3. The smallest absolute Gasteiger partial charge is 0.356 e. The van der Waals surface area contributed by atoms with E-state index in [4.69, 9.17) is 0 Å². The Hall–Kier alpha value is -1.06. The summed E-state index contributed by atoms with van der Waals surface area (Å²) in [5.41, 5.74) is 0.505. The zero-order chi connectivity index (χ0) is 18.8. The molecular weight excluding hydrogens is 473 g/mol. The number of benzene rings is 1. The van der Waals surface area contributed by atoms with Gasteiger partial charge in [-0.3, -0.25) is 4.99 Å². The van der Waals surface area contributed by atoms with Crippen molar-refractivity contribution in [2.75, 3.05) is 13.6 Å². The Morgan fingerprint density at radius 3 is 2.30 bits per heavy atom. The van der Waals surface area contributed by atoms with Crippen LogP contribution in [0.2, 0.25) is 0 Å². The highest BCUT2D eigenvalue weighted by Crippen LogP contribution is 2.48. The van der Waals surface area contributed by atoms with E-state index in [9.17, 15) is 17.6 Å². The Labute approximate surface area is 174 Å². The molecule has 2 N–H and O–H groups in total. The van der Waals surface area contributed by atoms with E-state index < -0.39 is 12.1 Å². The van der Waals surface area contributed by atoms with Crippen LogP contribution < -0.4 is 10.6 Å². The van der Waals surface area contributed by atoms with Crippen LogP contribution in [0.4, 0.5) is 17.6 Å². The molecule has 1 aromatic rings. The van der Waals surface area contributed by atoms with Crippen molar-refractivity contribution in [3.63, 3.8) is 0 Å². The summed E-state index contributed by atoms with van der Waals surface area (Å²) >= 11 is 0.